The minimum absolute atomic E-state index is 0.303. The molecule has 0 aromatic rings. The largest absolute Gasteiger partial charge is 0.454 e. The topological polar surface area (TPSA) is 75.6 Å². The molecule has 0 saturated carbocycles. The molecule has 0 fully saturated rings. The minimum atomic E-state index is -1.19. The molecule has 0 bridgehead atoms. The number of nitrogens with one attached hydrogen (secondary N) is 1. The number of amides is 1. The predicted molar refractivity (Wildman–Crippen MR) is 96.5 cm³/mol. The summed E-state index contributed by atoms with van der Waals surface area (Å²) in [5.74, 6) is -0.702. The van der Waals surface area contributed by atoms with Gasteiger partial charge in [0.1, 0.15) is 5.60 Å². The van der Waals surface area contributed by atoms with Gasteiger partial charge in [-0.3, -0.25) is 4.79 Å². The molecule has 140 valence electrons. The van der Waals surface area contributed by atoms with Crippen molar-refractivity contribution in [2.24, 2.45) is 5.41 Å². The fourth-order valence-electron chi connectivity index (χ4n) is 1.51. The molecule has 0 rings (SSSR count). The lowest BCUT2D eigenvalue weighted by Crippen LogP contribution is -2.63. The Morgan fingerprint density at radius 1 is 0.875 bits per heavy atom. The SMILES string of the molecule is CC(C)=C(C)C(=O)OC(C)(C)C(C)(C)NC(=O)C(C)(C)C(C)(C)O. The van der Waals surface area contributed by atoms with Crippen LogP contribution < -0.4 is 5.32 Å². The summed E-state index contributed by atoms with van der Waals surface area (Å²) in [6.45, 7) is 19.1. The van der Waals surface area contributed by atoms with E-state index in [0.29, 0.717) is 5.57 Å². The van der Waals surface area contributed by atoms with E-state index >= 15 is 0 Å². The zero-order valence-corrected chi connectivity index (χ0v) is 17.2. The lowest BCUT2D eigenvalue weighted by Gasteiger charge is -2.44. The zero-order valence-electron chi connectivity index (χ0n) is 17.2. The molecule has 0 aliphatic carbocycles. The molecule has 5 nitrogen and oxygen atoms in total. The highest BCUT2D eigenvalue weighted by Crippen LogP contribution is 2.33. The summed E-state index contributed by atoms with van der Waals surface area (Å²) in [6, 6.07) is 0. The number of rotatable bonds is 6. The van der Waals surface area contributed by atoms with Gasteiger partial charge in [-0.1, -0.05) is 5.57 Å². The maximum absolute atomic E-state index is 12.7. The van der Waals surface area contributed by atoms with Gasteiger partial charge in [-0.05, 0) is 76.2 Å². The van der Waals surface area contributed by atoms with Crippen LogP contribution in [0.15, 0.2) is 11.1 Å². The quantitative estimate of drug-likeness (QED) is 0.574. The number of hydrogen-bond acceptors (Lipinski definition) is 4. The van der Waals surface area contributed by atoms with Gasteiger partial charge in [-0.15, -0.1) is 0 Å². The van der Waals surface area contributed by atoms with Gasteiger partial charge in [0.05, 0.1) is 16.6 Å². The van der Waals surface area contributed by atoms with E-state index in [9.17, 15) is 14.7 Å². The first kappa shape index (κ1) is 22.6. The van der Waals surface area contributed by atoms with E-state index in [1.807, 2.05) is 13.8 Å². The smallest absolute Gasteiger partial charge is 0.334 e. The van der Waals surface area contributed by atoms with Crippen molar-refractivity contribution in [3.8, 4) is 0 Å². The van der Waals surface area contributed by atoms with Crippen molar-refractivity contribution >= 4 is 11.9 Å². The number of hydrogen-bond donors (Lipinski definition) is 2. The first-order valence-electron chi connectivity index (χ1n) is 8.29. The molecule has 0 unspecified atom stereocenters. The zero-order chi connectivity index (χ0) is 19.7. The maximum Gasteiger partial charge on any atom is 0.334 e. The third kappa shape index (κ3) is 4.82. The van der Waals surface area contributed by atoms with Crippen molar-refractivity contribution in [1.29, 1.82) is 0 Å². The van der Waals surface area contributed by atoms with Crippen LogP contribution in [0.2, 0.25) is 0 Å². The van der Waals surface area contributed by atoms with Crippen LogP contribution in [0.4, 0.5) is 0 Å². The van der Waals surface area contributed by atoms with Gasteiger partial charge in [-0.2, -0.15) is 0 Å². The highest BCUT2D eigenvalue weighted by molar-refractivity contribution is 5.89. The van der Waals surface area contributed by atoms with Gasteiger partial charge in [0.15, 0.2) is 0 Å². The van der Waals surface area contributed by atoms with Gasteiger partial charge in [0.25, 0.3) is 0 Å². The van der Waals surface area contributed by atoms with Gasteiger partial charge >= 0.3 is 5.97 Å². The van der Waals surface area contributed by atoms with Gasteiger partial charge in [0.2, 0.25) is 5.91 Å². The van der Waals surface area contributed by atoms with Crippen molar-refractivity contribution in [3.63, 3.8) is 0 Å². The van der Waals surface area contributed by atoms with E-state index < -0.39 is 28.1 Å². The summed E-state index contributed by atoms with van der Waals surface area (Å²) in [5, 5.41) is 13.2. The Balaban J connectivity index is 5.41. The van der Waals surface area contributed by atoms with Crippen molar-refractivity contribution in [2.75, 3.05) is 0 Å². The molecular weight excluding hydrogens is 306 g/mol. The number of carbonyl (C=O) groups excluding carboxylic acids is 2. The van der Waals surface area contributed by atoms with E-state index in [2.05, 4.69) is 5.32 Å². The molecule has 0 aliphatic rings. The fraction of sp³-hybridized carbons (Fsp3) is 0.789. The molecule has 2 N–H and O–H groups in total. The summed E-state index contributed by atoms with van der Waals surface area (Å²) in [7, 11) is 0. The summed E-state index contributed by atoms with van der Waals surface area (Å²) in [4.78, 5) is 24.9. The molecule has 0 spiro atoms. The highest BCUT2D eigenvalue weighted by Gasteiger charge is 2.47. The van der Waals surface area contributed by atoms with Crippen molar-refractivity contribution in [1.82, 2.24) is 5.32 Å². The molecule has 0 heterocycles. The first-order chi connectivity index (χ1) is 10.4. The summed E-state index contributed by atoms with van der Waals surface area (Å²) in [5.41, 5.74) is -2.51. The first-order valence-corrected chi connectivity index (χ1v) is 8.29. The molecule has 5 heteroatoms. The molecule has 1 amide bonds. The molecule has 24 heavy (non-hydrogen) atoms. The Hall–Kier alpha value is -1.36. The van der Waals surface area contributed by atoms with Crippen LogP contribution in [0.1, 0.15) is 76.2 Å². The second kappa shape index (κ2) is 6.87. The third-order valence-electron chi connectivity index (χ3n) is 5.43. The average molecular weight is 341 g/mol. The molecule has 0 saturated heterocycles. The fourth-order valence-corrected chi connectivity index (χ4v) is 1.51. The normalized spacial score (nSPS) is 13.3. The molecule has 0 aliphatic heterocycles. The Bertz CT molecular complexity index is 530. The van der Waals surface area contributed by atoms with Crippen LogP contribution in [-0.4, -0.2) is 33.7 Å². The van der Waals surface area contributed by atoms with Crippen molar-refractivity contribution in [2.45, 2.75) is 92.9 Å². The molecular formula is C19H35NO4. The average Bonchev–Trinajstić information content (AvgIpc) is 2.34. The second-order valence-corrected chi connectivity index (χ2v) is 8.79. The van der Waals surface area contributed by atoms with Crippen LogP contribution >= 0.6 is 0 Å². The second-order valence-electron chi connectivity index (χ2n) is 8.79. The standard InChI is InChI=1S/C19H35NO4/c1-12(2)13(3)14(21)24-19(10,11)17(6,7)20-15(22)16(4,5)18(8,9)23/h23H,1-11H3,(H,20,22). The van der Waals surface area contributed by atoms with Gasteiger partial charge in [-0.25, -0.2) is 4.79 Å². The Morgan fingerprint density at radius 3 is 1.62 bits per heavy atom. The number of ether oxygens (including phenoxy) is 1. The number of allylic oxidation sites excluding steroid dienone is 1. The Labute approximate surface area is 146 Å². The summed E-state index contributed by atoms with van der Waals surface area (Å²) >= 11 is 0. The molecule has 0 aromatic heterocycles. The third-order valence-corrected chi connectivity index (χ3v) is 5.43. The lowest BCUT2D eigenvalue weighted by atomic mass is 9.75. The van der Waals surface area contributed by atoms with E-state index in [1.54, 1.807) is 62.3 Å². The molecule has 0 atom stereocenters. The van der Waals surface area contributed by atoms with Crippen molar-refractivity contribution in [3.05, 3.63) is 11.1 Å². The van der Waals surface area contributed by atoms with Gasteiger partial charge in [0, 0.05) is 5.57 Å². The van der Waals surface area contributed by atoms with E-state index in [0.717, 1.165) is 5.57 Å². The molecule has 0 aromatic carbocycles. The van der Waals surface area contributed by atoms with Crippen LogP contribution in [0.25, 0.3) is 0 Å². The van der Waals surface area contributed by atoms with E-state index in [4.69, 9.17) is 4.74 Å². The lowest BCUT2D eigenvalue weighted by molar-refractivity contribution is -0.164. The number of esters is 1. The van der Waals surface area contributed by atoms with E-state index in [-0.39, 0.29) is 5.91 Å². The molecule has 0 radical (unpaired) electrons. The number of carbonyl (C=O) groups is 2. The van der Waals surface area contributed by atoms with Crippen molar-refractivity contribution < 1.29 is 19.4 Å². The van der Waals surface area contributed by atoms with Gasteiger partial charge < -0.3 is 15.2 Å². The highest BCUT2D eigenvalue weighted by atomic mass is 16.6. The van der Waals surface area contributed by atoms with Crippen LogP contribution in [-0.2, 0) is 14.3 Å². The number of aliphatic hydroxyl groups is 1. The summed E-state index contributed by atoms with van der Waals surface area (Å²) < 4.78 is 5.65. The van der Waals surface area contributed by atoms with Crippen LogP contribution in [0, 0.1) is 5.41 Å². The van der Waals surface area contributed by atoms with Crippen LogP contribution in [0.3, 0.4) is 0 Å². The van der Waals surface area contributed by atoms with E-state index in [1.165, 1.54) is 0 Å². The maximum atomic E-state index is 12.7. The Morgan fingerprint density at radius 2 is 1.29 bits per heavy atom. The summed E-state index contributed by atoms with van der Waals surface area (Å²) in [6.07, 6.45) is 0. The Kier molecular flexibility index (Phi) is 6.48. The van der Waals surface area contributed by atoms with Crippen LogP contribution in [0.5, 0.6) is 0 Å². The monoisotopic (exact) mass is 341 g/mol. The predicted octanol–water partition coefficient (Wildman–Crippen LogP) is 3.36. The minimum Gasteiger partial charge on any atom is -0.454 e.